The van der Waals surface area contributed by atoms with E-state index in [0.717, 1.165) is 51.4 Å². The van der Waals surface area contributed by atoms with Crippen LogP contribution in [0.25, 0.3) is 0 Å². The highest BCUT2D eigenvalue weighted by atomic mass is 16.2. The van der Waals surface area contributed by atoms with E-state index in [0.29, 0.717) is 6.42 Å². The van der Waals surface area contributed by atoms with E-state index in [9.17, 15) is 4.79 Å². The van der Waals surface area contributed by atoms with E-state index in [1.807, 2.05) is 30.2 Å². The summed E-state index contributed by atoms with van der Waals surface area (Å²) in [5, 5.41) is 3.37. The van der Waals surface area contributed by atoms with Gasteiger partial charge in [-0.2, -0.15) is 0 Å². The number of nitrogens with one attached hydrogen (secondary N) is 1. The maximum Gasteiger partial charge on any atom is 0.223 e. The van der Waals surface area contributed by atoms with Crippen molar-refractivity contribution >= 4 is 11.9 Å². The number of allylic oxidation sites excluding steroid dienone is 1. The van der Waals surface area contributed by atoms with Crippen LogP contribution in [0.5, 0.6) is 0 Å². The summed E-state index contributed by atoms with van der Waals surface area (Å²) in [6.07, 6.45) is 8.02. The zero-order valence-electron chi connectivity index (χ0n) is 16.9. The minimum Gasteiger partial charge on any atom is -0.356 e. The Balaban J connectivity index is 1.62. The molecule has 1 aromatic rings. The van der Waals surface area contributed by atoms with Gasteiger partial charge in [0.05, 0.1) is 0 Å². The molecule has 1 aliphatic heterocycles. The second-order valence-corrected chi connectivity index (χ2v) is 7.16. The number of fused-ring (bicyclic) bond motifs is 1. The molecule has 0 spiro atoms. The monoisotopic (exact) mass is 370 g/mol. The van der Waals surface area contributed by atoms with E-state index >= 15 is 0 Å². The summed E-state index contributed by atoms with van der Waals surface area (Å²) < 4.78 is 0. The van der Waals surface area contributed by atoms with Crippen molar-refractivity contribution in [2.75, 3.05) is 27.2 Å². The summed E-state index contributed by atoms with van der Waals surface area (Å²) in [6.45, 7) is 7.01. The Kier molecular flexibility index (Phi) is 8.89. The molecule has 1 heterocycles. The molecule has 0 atom stereocenters. The minimum atomic E-state index is 0.235. The Bertz CT molecular complexity index is 616. The van der Waals surface area contributed by atoms with E-state index in [4.69, 9.17) is 0 Å². The Hall–Kier alpha value is -2.30. The lowest BCUT2D eigenvalue weighted by Gasteiger charge is -2.22. The average molecular weight is 371 g/mol. The lowest BCUT2D eigenvalue weighted by atomic mass is 10.1. The molecule has 0 radical (unpaired) electrons. The Morgan fingerprint density at radius 1 is 1.22 bits per heavy atom. The molecule has 0 aliphatic carbocycles. The first-order chi connectivity index (χ1) is 13.2. The van der Waals surface area contributed by atoms with Crippen LogP contribution in [0.3, 0.4) is 0 Å². The van der Waals surface area contributed by atoms with Crippen LogP contribution in [-0.2, 0) is 17.9 Å². The van der Waals surface area contributed by atoms with Gasteiger partial charge in [0.15, 0.2) is 5.96 Å². The van der Waals surface area contributed by atoms with Crippen LogP contribution in [0.4, 0.5) is 0 Å². The van der Waals surface area contributed by atoms with Crippen molar-refractivity contribution in [1.29, 1.82) is 0 Å². The van der Waals surface area contributed by atoms with Gasteiger partial charge in [-0.25, -0.2) is 0 Å². The largest absolute Gasteiger partial charge is 0.356 e. The smallest absolute Gasteiger partial charge is 0.223 e. The molecule has 0 saturated heterocycles. The first kappa shape index (κ1) is 21.0. The standard InChI is InChI=1S/C22H34N4O/c1-4-5-6-7-10-16-25(3)22(23-2)24-15-11-14-21(27)26-17-19-12-8-9-13-20(19)18-26/h4,8-9,12-13H,1,5-7,10-11,14-18H2,2-3H3,(H,23,24). The molecule has 1 aromatic carbocycles. The number of nitrogens with zero attached hydrogens (tertiary/aromatic N) is 3. The highest BCUT2D eigenvalue weighted by molar-refractivity contribution is 5.80. The second-order valence-electron chi connectivity index (χ2n) is 7.16. The van der Waals surface area contributed by atoms with Crippen molar-refractivity contribution in [3.8, 4) is 0 Å². The summed E-state index contributed by atoms with van der Waals surface area (Å²) in [4.78, 5) is 20.9. The van der Waals surface area contributed by atoms with Crippen LogP contribution in [0.2, 0.25) is 0 Å². The molecule has 5 heteroatoms. The van der Waals surface area contributed by atoms with Gasteiger partial charge in [-0.3, -0.25) is 9.79 Å². The summed E-state index contributed by atoms with van der Waals surface area (Å²) >= 11 is 0. The van der Waals surface area contributed by atoms with E-state index in [-0.39, 0.29) is 5.91 Å². The summed E-state index contributed by atoms with van der Waals surface area (Å²) in [6, 6.07) is 8.30. The molecule has 27 heavy (non-hydrogen) atoms. The van der Waals surface area contributed by atoms with Crippen molar-refractivity contribution in [2.45, 2.75) is 51.6 Å². The molecule has 5 nitrogen and oxygen atoms in total. The SMILES string of the molecule is C=CCCCCCN(C)C(=NC)NCCCC(=O)N1Cc2ccccc2C1. The van der Waals surface area contributed by atoms with Gasteiger partial charge < -0.3 is 15.1 Å². The van der Waals surface area contributed by atoms with E-state index in [1.54, 1.807) is 0 Å². The van der Waals surface area contributed by atoms with Crippen LogP contribution >= 0.6 is 0 Å². The lowest BCUT2D eigenvalue weighted by Crippen LogP contribution is -2.40. The van der Waals surface area contributed by atoms with Crippen LogP contribution in [0.1, 0.15) is 49.7 Å². The van der Waals surface area contributed by atoms with E-state index in [2.05, 4.69) is 41.0 Å². The summed E-state index contributed by atoms with van der Waals surface area (Å²) in [5.41, 5.74) is 2.55. The molecule has 1 aliphatic rings. The van der Waals surface area contributed by atoms with Gasteiger partial charge in [0, 0.05) is 46.7 Å². The van der Waals surface area contributed by atoms with Gasteiger partial charge in [-0.05, 0) is 36.8 Å². The summed E-state index contributed by atoms with van der Waals surface area (Å²) in [5.74, 6) is 1.14. The van der Waals surface area contributed by atoms with E-state index < -0.39 is 0 Å². The second kappa shape index (κ2) is 11.4. The third-order valence-corrected chi connectivity index (χ3v) is 5.02. The number of unbranched alkanes of at least 4 members (excludes halogenated alkanes) is 3. The zero-order valence-corrected chi connectivity index (χ0v) is 16.9. The number of aliphatic imine (C=N–C) groups is 1. The molecule has 0 unspecified atom stereocenters. The van der Waals surface area contributed by atoms with Gasteiger partial charge in [-0.1, -0.05) is 36.8 Å². The molecule has 0 aromatic heterocycles. The lowest BCUT2D eigenvalue weighted by molar-refractivity contribution is -0.131. The maximum absolute atomic E-state index is 12.4. The van der Waals surface area contributed by atoms with Crippen LogP contribution in [-0.4, -0.2) is 48.9 Å². The number of hydrogen-bond donors (Lipinski definition) is 1. The van der Waals surface area contributed by atoms with Gasteiger partial charge in [0.2, 0.25) is 5.91 Å². The van der Waals surface area contributed by atoms with E-state index in [1.165, 1.54) is 24.0 Å². The number of rotatable bonds is 10. The summed E-state index contributed by atoms with van der Waals surface area (Å²) in [7, 11) is 3.87. The first-order valence-electron chi connectivity index (χ1n) is 10.0. The highest BCUT2D eigenvalue weighted by Gasteiger charge is 2.22. The fourth-order valence-electron chi connectivity index (χ4n) is 3.41. The van der Waals surface area contributed by atoms with Gasteiger partial charge >= 0.3 is 0 Å². The van der Waals surface area contributed by atoms with Crippen molar-refractivity contribution in [1.82, 2.24) is 15.1 Å². The Morgan fingerprint density at radius 2 is 1.93 bits per heavy atom. The van der Waals surface area contributed by atoms with Crippen LogP contribution in [0, 0.1) is 0 Å². The highest BCUT2D eigenvalue weighted by Crippen LogP contribution is 2.22. The van der Waals surface area contributed by atoms with Crippen LogP contribution in [0.15, 0.2) is 41.9 Å². The fraction of sp³-hybridized carbons (Fsp3) is 0.545. The molecule has 0 bridgehead atoms. The zero-order chi connectivity index (χ0) is 19.5. The number of hydrogen-bond acceptors (Lipinski definition) is 2. The van der Waals surface area contributed by atoms with Crippen molar-refractivity contribution in [3.05, 3.63) is 48.0 Å². The van der Waals surface area contributed by atoms with Gasteiger partial charge in [-0.15, -0.1) is 6.58 Å². The van der Waals surface area contributed by atoms with Crippen molar-refractivity contribution < 1.29 is 4.79 Å². The molecule has 0 fully saturated rings. The normalized spacial score (nSPS) is 13.4. The predicted octanol–water partition coefficient (Wildman–Crippen LogP) is 3.56. The number of benzene rings is 1. The average Bonchev–Trinajstić information content (AvgIpc) is 3.12. The van der Waals surface area contributed by atoms with Gasteiger partial charge in [0.25, 0.3) is 0 Å². The third-order valence-electron chi connectivity index (χ3n) is 5.02. The molecule has 2 rings (SSSR count). The predicted molar refractivity (Wildman–Crippen MR) is 113 cm³/mol. The van der Waals surface area contributed by atoms with Crippen molar-refractivity contribution in [3.63, 3.8) is 0 Å². The Morgan fingerprint density at radius 3 is 2.56 bits per heavy atom. The molecular weight excluding hydrogens is 336 g/mol. The van der Waals surface area contributed by atoms with Crippen LogP contribution < -0.4 is 5.32 Å². The quantitative estimate of drug-likeness (QED) is 0.296. The number of guanidine groups is 1. The molecule has 1 amide bonds. The third kappa shape index (κ3) is 6.74. The number of carbonyl (C=O) groups is 1. The van der Waals surface area contributed by atoms with Crippen molar-refractivity contribution in [2.24, 2.45) is 4.99 Å². The molecule has 0 saturated carbocycles. The first-order valence-corrected chi connectivity index (χ1v) is 10.0. The number of amides is 1. The van der Waals surface area contributed by atoms with Gasteiger partial charge in [0.1, 0.15) is 0 Å². The molecule has 1 N–H and O–H groups in total. The molecule has 148 valence electrons. The fourth-order valence-corrected chi connectivity index (χ4v) is 3.41. The minimum absolute atomic E-state index is 0.235. The Labute approximate surface area is 164 Å². The molecular formula is C22H34N4O. The maximum atomic E-state index is 12.4. The topological polar surface area (TPSA) is 47.9 Å². The number of carbonyl (C=O) groups excluding carboxylic acids is 1.